The molecular formula is C18H30IN5O. The number of quaternary nitrogens is 1. The van der Waals surface area contributed by atoms with Crippen LogP contribution in [0, 0.1) is 0 Å². The van der Waals surface area contributed by atoms with E-state index in [1.165, 1.54) is 32.6 Å². The number of anilines is 1. The molecule has 2 aliphatic rings. The van der Waals surface area contributed by atoms with Crippen molar-refractivity contribution >= 4 is 17.1 Å². The van der Waals surface area contributed by atoms with Gasteiger partial charge < -0.3 is 48.8 Å². The van der Waals surface area contributed by atoms with Gasteiger partial charge in [0.25, 0.3) is 6.01 Å². The quantitative estimate of drug-likeness (QED) is 0.463. The monoisotopic (exact) mass is 459 g/mol. The summed E-state index contributed by atoms with van der Waals surface area (Å²) in [4.78, 5) is 9.13. The lowest BCUT2D eigenvalue weighted by atomic mass is 10.3. The fourth-order valence-electron chi connectivity index (χ4n) is 3.08. The van der Waals surface area contributed by atoms with Crippen LogP contribution in [0.4, 0.5) is 6.01 Å². The molecule has 0 spiro atoms. The van der Waals surface area contributed by atoms with Crippen LogP contribution >= 0.6 is 0 Å². The highest BCUT2D eigenvalue weighted by Crippen LogP contribution is 2.22. The fraction of sp³-hybridized carbons (Fsp3) is 0.611. The Kier molecular flexibility index (Phi) is 8.94. The van der Waals surface area contributed by atoms with Crippen molar-refractivity contribution in [3.8, 4) is 0 Å². The summed E-state index contributed by atoms with van der Waals surface area (Å²) < 4.78 is 5.79. The number of nitrogens with one attached hydrogen (secondary N) is 1. The molecule has 3 N–H and O–H groups in total. The molecule has 2 fully saturated rings. The van der Waals surface area contributed by atoms with Crippen molar-refractivity contribution in [2.24, 2.45) is 0 Å². The Morgan fingerprint density at radius 3 is 2.80 bits per heavy atom. The van der Waals surface area contributed by atoms with Gasteiger partial charge in [0, 0.05) is 39.1 Å². The van der Waals surface area contributed by atoms with Gasteiger partial charge in [-0.1, -0.05) is 12.1 Å². The van der Waals surface area contributed by atoms with Crippen LogP contribution in [-0.4, -0.2) is 69.3 Å². The number of hydrogen-bond donors (Lipinski definition) is 2. The molecule has 2 aromatic rings. The summed E-state index contributed by atoms with van der Waals surface area (Å²) in [6, 6.07) is 8.70. The third-order valence-electron chi connectivity index (χ3n) is 4.56. The van der Waals surface area contributed by atoms with Crippen LogP contribution in [0.2, 0.25) is 0 Å². The van der Waals surface area contributed by atoms with Gasteiger partial charge in [-0.05, 0) is 32.1 Å². The Balaban J connectivity index is 0.000000240. The highest BCUT2D eigenvalue weighted by atomic mass is 127. The zero-order chi connectivity index (χ0) is 16.6. The van der Waals surface area contributed by atoms with E-state index in [1.54, 1.807) is 0 Å². The first-order valence-corrected chi connectivity index (χ1v) is 9.14. The number of rotatable bonds is 1. The first kappa shape index (κ1) is 20.4. The van der Waals surface area contributed by atoms with E-state index in [9.17, 15) is 0 Å². The number of likely N-dealkylation sites (N-methyl/N-ethyl adjacent to an activating group) is 1. The molecule has 4 rings (SSSR count). The second-order valence-electron chi connectivity index (χ2n) is 6.58. The fourth-order valence-corrected chi connectivity index (χ4v) is 3.08. The average molecular weight is 459 g/mol. The van der Waals surface area contributed by atoms with Crippen LogP contribution in [0.25, 0.3) is 11.1 Å². The van der Waals surface area contributed by atoms with Crippen LogP contribution in [0.1, 0.15) is 12.8 Å². The van der Waals surface area contributed by atoms with Gasteiger partial charge in [0.1, 0.15) is 5.52 Å². The molecule has 0 radical (unpaired) electrons. The van der Waals surface area contributed by atoms with E-state index in [-0.39, 0.29) is 24.0 Å². The second-order valence-corrected chi connectivity index (χ2v) is 6.58. The van der Waals surface area contributed by atoms with Crippen LogP contribution in [0.15, 0.2) is 28.7 Å². The maximum absolute atomic E-state index is 5.79. The Morgan fingerprint density at radius 1 is 1.04 bits per heavy atom. The average Bonchev–Trinajstić information content (AvgIpc) is 2.78. The Bertz CT molecular complexity index is 568. The molecule has 0 saturated carbocycles. The summed E-state index contributed by atoms with van der Waals surface area (Å²) in [6.45, 7) is 9.22. The summed E-state index contributed by atoms with van der Waals surface area (Å²) in [5.41, 5.74) is 1.82. The number of aromatic nitrogens is 1. The standard InChI is InChI=1S/C13H17N3O.C5H12N2.HI/c1-15-7-4-8-16(10-9-15)13-14-11-5-2-3-6-12(11)17-13;1-2-6-4-5-7-3-1;/h2-3,5-6H,4,7-10H2,1H3;6-7H,1-5H2;1H. The van der Waals surface area contributed by atoms with Crippen molar-refractivity contribution in [1.82, 2.24) is 15.2 Å². The molecular weight excluding hydrogens is 429 g/mol. The van der Waals surface area contributed by atoms with Gasteiger partial charge in [-0.25, -0.2) is 0 Å². The number of nitrogens with two attached hydrogens (primary N) is 1. The predicted octanol–water partition coefficient (Wildman–Crippen LogP) is -2.48. The lowest BCUT2D eigenvalue weighted by Gasteiger charge is -2.17. The SMILES string of the molecule is C1CNCC[NH2+]C1.CN1CCCN(c2nc3ccccc3o2)CC1.[I-]. The molecule has 6 nitrogen and oxygen atoms in total. The van der Waals surface area contributed by atoms with Crippen LogP contribution < -0.4 is 39.5 Å². The number of fused-ring (bicyclic) bond motifs is 1. The predicted molar refractivity (Wildman–Crippen MR) is 97.5 cm³/mol. The Morgan fingerprint density at radius 2 is 1.92 bits per heavy atom. The molecule has 2 aliphatic heterocycles. The number of hydrogen-bond acceptors (Lipinski definition) is 5. The summed E-state index contributed by atoms with van der Waals surface area (Å²) in [7, 11) is 2.16. The summed E-state index contributed by atoms with van der Waals surface area (Å²) in [6.07, 6.45) is 2.50. The largest absolute Gasteiger partial charge is 1.00 e. The van der Waals surface area contributed by atoms with Gasteiger partial charge in [0.2, 0.25) is 0 Å². The van der Waals surface area contributed by atoms with Crippen molar-refractivity contribution in [3.05, 3.63) is 24.3 Å². The molecule has 7 heteroatoms. The molecule has 2 saturated heterocycles. The Hall–Kier alpha value is -0.900. The van der Waals surface area contributed by atoms with E-state index in [0.29, 0.717) is 0 Å². The number of benzene rings is 1. The first-order valence-electron chi connectivity index (χ1n) is 9.14. The van der Waals surface area contributed by atoms with E-state index in [2.05, 4.69) is 32.5 Å². The minimum absolute atomic E-state index is 0. The lowest BCUT2D eigenvalue weighted by molar-refractivity contribution is -0.650. The maximum atomic E-state index is 5.79. The van der Waals surface area contributed by atoms with Crippen LogP contribution in [0.5, 0.6) is 0 Å². The molecule has 1 aromatic carbocycles. The minimum Gasteiger partial charge on any atom is -1.00 e. The topological polar surface area (TPSA) is 61.2 Å². The van der Waals surface area contributed by atoms with Crippen LogP contribution in [-0.2, 0) is 0 Å². The smallest absolute Gasteiger partial charge is 0.298 e. The molecule has 3 heterocycles. The lowest BCUT2D eigenvalue weighted by Crippen LogP contribution is -3.00. The zero-order valence-corrected chi connectivity index (χ0v) is 17.2. The minimum atomic E-state index is 0. The molecule has 0 bridgehead atoms. The molecule has 0 aliphatic carbocycles. The zero-order valence-electron chi connectivity index (χ0n) is 15.1. The van der Waals surface area contributed by atoms with Gasteiger partial charge in [-0.15, -0.1) is 0 Å². The van der Waals surface area contributed by atoms with Crippen molar-refractivity contribution < 1.29 is 33.7 Å². The van der Waals surface area contributed by atoms with Gasteiger partial charge in [-0.3, -0.25) is 0 Å². The number of halogens is 1. The second kappa shape index (κ2) is 10.9. The molecule has 1 aromatic heterocycles. The van der Waals surface area contributed by atoms with Gasteiger partial charge in [-0.2, -0.15) is 4.98 Å². The molecule has 25 heavy (non-hydrogen) atoms. The highest BCUT2D eigenvalue weighted by Gasteiger charge is 2.17. The molecule has 140 valence electrons. The van der Waals surface area contributed by atoms with Crippen molar-refractivity contribution in [1.29, 1.82) is 0 Å². The van der Waals surface area contributed by atoms with Crippen molar-refractivity contribution in [2.45, 2.75) is 12.8 Å². The van der Waals surface area contributed by atoms with E-state index in [1.807, 2.05) is 24.3 Å². The Labute approximate surface area is 167 Å². The van der Waals surface area contributed by atoms with E-state index in [0.717, 1.165) is 49.7 Å². The number of nitrogens with zero attached hydrogens (tertiary/aromatic N) is 3. The van der Waals surface area contributed by atoms with E-state index < -0.39 is 0 Å². The third kappa shape index (κ3) is 6.40. The highest BCUT2D eigenvalue weighted by molar-refractivity contribution is 5.74. The van der Waals surface area contributed by atoms with Crippen molar-refractivity contribution in [3.63, 3.8) is 0 Å². The maximum Gasteiger partial charge on any atom is 0.298 e. The first-order chi connectivity index (χ1) is 11.8. The van der Waals surface area contributed by atoms with Crippen molar-refractivity contribution in [2.75, 3.05) is 64.3 Å². The number of para-hydroxylation sites is 2. The van der Waals surface area contributed by atoms with Gasteiger partial charge in [0.05, 0.1) is 13.1 Å². The summed E-state index contributed by atoms with van der Waals surface area (Å²) in [5, 5.41) is 5.68. The van der Waals surface area contributed by atoms with E-state index >= 15 is 0 Å². The van der Waals surface area contributed by atoms with Crippen LogP contribution in [0.3, 0.4) is 0 Å². The molecule has 0 unspecified atom stereocenters. The normalized spacial score (nSPS) is 19.3. The van der Waals surface area contributed by atoms with Gasteiger partial charge in [0.15, 0.2) is 5.58 Å². The summed E-state index contributed by atoms with van der Waals surface area (Å²) in [5.74, 6) is 0. The summed E-state index contributed by atoms with van der Waals surface area (Å²) >= 11 is 0. The molecule has 0 atom stereocenters. The third-order valence-corrected chi connectivity index (χ3v) is 4.56. The van der Waals surface area contributed by atoms with Gasteiger partial charge >= 0.3 is 0 Å². The van der Waals surface area contributed by atoms with E-state index in [4.69, 9.17) is 4.42 Å². The molecule has 0 amide bonds. The number of oxazole rings is 1.